The van der Waals surface area contributed by atoms with Gasteiger partial charge in [-0.25, -0.2) is 0 Å². The van der Waals surface area contributed by atoms with Crippen molar-refractivity contribution < 1.29 is 19.0 Å². The van der Waals surface area contributed by atoms with Crippen molar-refractivity contribution in [3.8, 4) is 5.75 Å². The lowest BCUT2D eigenvalue weighted by molar-refractivity contribution is -0.149. The zero-order valence-corrected chi connectivity index (χ0v) is 19.9. The molecular weight excluding hydrogens is 400 g/mol. The second-order valence-corrected chi connectivity index (χ2v) is 10.4. The van der Waals surface area contributed by atoms with Crippen molar-refractivity contribution in [2.75, 3.05) is 27.9 Å². The van der Waals surface area contributed by atoms with Gasteiger partial charge < -0.3 is 14.2 Å². The summed E-state index contributed by atoms with van der Waals surface area (Å²) >= 11 is 0. The highest BCUT2D eigenvalue weighted by atomic mass is 16.5. The molecule has 1 unspecified atom stereocenters. The van der Waals surface area contributed by atoms with E-state index in [0.29, 0.717) is 36.6 Å². The minimum Gasteiger partial charge on any atom is -0.497 e. The number of carbonyl (C=O) groups is 1. The number of ketones is 1. The topological polar surface area (TPSA) is 44.8 Å². The van der Waals surface area contributed by atoms with Gasteiger partial charge in [0.15, 0.2) is 5.78 Å². The van der Waals surface area contributed by atoms with Crippen LogP contribution >= 0.6 is 0 Å². The molecule has 1 aromatic rings. The molecular formula is C28H36O4. The largest absolute Gasteiger partial charge is 0.497 e. The molecule has 32 heavy (non-hydrogen) atoms. The van der Waals surface area contributed by atoms with Gasteiger partial charge in [0.2, 0.25) is 0 Å². The summed E-state index contributed by atoms with van der Waals surface area (Å²) in [5, 5.41) is 0. The highest BCUT2D eigenvalue weighted by molar-refractivity contribution is 5.93. The van der Waals surface area contributed by atoms with Crippen molar-refractivity contribution in [2.24, 2.45) is 17.3 Å². The van der Waals surface area contributed by atoms with Gasteiger partial charge in [-0.15, -0.1) is 0 Å². The Hall–Kier alpha value is -1.91. The summed E-state index contributed by atoms with van der Waals surface area (Å²) in [5.41, 5.74) is 5.57. The lowest BCUT2D eigenvalue weighted by Gasteiger charge is -2.55. The van der Waals surface area contributed by atoms with Gasteiger partial charge in [0, 0.05) is 32.0 Å². The number of allylic oxidation sites excluding steroid dienone is 4. The smallest absolute Gasteiger partial charge is 0.156 e. The summed E-state index contributed by atoms with van der Waals surface area (Å²) in [5.74, 6) is 2.66. The van der Waals surface area contributed by atoms with Crippen LogP contribution in [0.4, 0.5) is 0 Å². The Morgan fingerprint density at radius 2 is 1.81 bits per heavy atom. The van der Waals surface area contributed by atoms with E-state index in [2.05, 4.69) is 31.2 Å². The van der Waals surface area contributed by atoms with Crippen LogP contribution in [0.5, 0.6) is 5.75 Å². The van der Waals surface area contributed by atoms with E-state index in [-0.39, 0.29) is 11.0 Å². The van der Waals surface area contributed by atoms with Crippen LogP contribution < -0.4 is 4.74 Å². The number of fused-ring (bicyclic) bond motifs is 4. The number of ether oxygens (including phenoxy) is 3. The zero-order valence-electron chi connectivity index (χ0n) is 19.9. The first kappa shape index (κ1) is 21.9. The molecule has 2 saturated carbocycles. The Morgan fingerprint density at radius 3 is 2.50 bits per heavy atom. The van der Waals surface area contributed by atoms with Crippen molar-refractivity contribution in [1.82, 2.24) is 0 Å². The monoisotopic (exact) mass is 436 g/mol. The van der Waals surface area contributed by atoms with Gasteiger partial charge in [0.25, 0.3) is 0 Å². The van der Waals surface area contributed by atoms with Gasteiger partial charge >= 0.3 is 0 Å². The number of benzene rings is 1. The van der Waals surface area contributed by atoms with Crippen LogP contribution in [0.3, 0.4) is 0 Å². The molecule has 172 valence electrons. The summed E-state index contributed by atoms with van der Waals surface area (Å²) in [7, 11) is 5.39. The SMILES string of the molecule is COC[C@@]1(OC)CC[C@H]2[C@@H]3CCC4=CC(=O)CCC4=C3[C@@H](c3ccc(OC)cc3)CC21C. The third kappa shape index (κ3) is 3.13. The average Bonchev–Trinajstić information content (AvgIpc) is 3.10. The first-order valence-corrected chi connectivity index (χ1v) is 12.1. The van der Waals surface area contributed by atoms with Crippen LogP contribution in [-0.2, 0) is 14.3 Å². The van der Waals surface area contributed by atoms with Crippen molar-refractivity contribution in [2.45, 2.75) is 63.4 Å². The van der Waals surface area contributed by atoms with Crippen molar-refractivity contribution >= 4 is 5.78 Å². The van der Waals surface area contributed by atoms with E-state index in [1.807, 2.05) is 13.2 Å². The van der Waals surface area contributed by atoms with E-state index in [1.165, 1.54) is 23.1 Å². The second-order valence-electron chi connectivity index (χ2n) is 10.4. The summed E-state index contributed by atoms with van der Waals surface area (Å²) in [6.45, 7) is 3.10. The van der Waals surface area contributed by atoms with Gasteiger partial charge in [-0.3, -0.25) is 4.79 Å². The molecule has 5 rings (SSSR count). The third-order valence-electron chi connectivity index (χ3n) is 9.31. The molecule has 2 fully saturated rings. The Kier molecular flexibility index (Phi) is 5.58. The van der Waals surface area contributed by atoms with E-state index in [0.717, 1.165) is 37.9 Å². The molecule has 1 aromatic carbocycles. The first-order valence-electron chi connectivity index (χ1n) is 12.1. The Bertz CT molecular complexity index is 958. The molecule has 0 amide bonds. The van der Waals surface area contributed by atoms with Crippen molar-refractivity contribution in [3.05, 3.63) is 52.6 Å². The van der Waals surface area contributed by atoms with Gasteiger partial charge in [0.05, 0.1) is 19.3 Å². The van der Waals surface area contributed by atoms with Gasteiger partial charge in [-0.05, 0) is 85.3 Å². The number of hydrogen-bond donors (Lipinski definition) is 0. The Balaban J connectivity index is 1.66. The molecule has 0 N–H and O–H groups in total. The maximum absolute atomic E-state index is 12.2. The van der Waals surface area contributed by atoms with E-state index >= 15 is 0 Å². The maximum Gasteiger partial charge on any atom is 0.156 e. The fourth-order valence-corrected chi connectivity index (χ4v) is 7.74. The Morgan fingerprint density at radius 1 is 1.03 bits per heavy atom. The molecule has 0 bridgehead atoms. The van der Waals surface area contributed by atoms with E-state index in [9.17, 15) is 4.79 Å². The summed E-state index contributed by atoms with van der Waals surface area (Å²) < 4.78 is 17.5. The molecule has 0 aliphatic heterocycles. The third-order valence-corrected chi connectivity index (χ3v) is 9.31. The fraction of sp³-hybridized carbons (Fsp3) is 0.607. The van der Waals surface area contributed by atoms with E-state index < -0.39 is 0 Å². The Labute approximate surface area is 192 Å². The standard InChI is InChI=1S/C28H36O4/c1-27-16-24(18-5-9-21(31-3)10-6-18)26-22-12-8-20(29)15-19(22)7-11-23(26)25(27)13-14-28(27,32-4)17-30-2/h5-6,9-10,15,23-25H,7-8,11-14,16-17H2,1-4H3/t23-,24+,25-,27?,28-/m0/s1. The highest BCUT2D eigenvalue weighted by Gasteiger charge is 2.63. The molecule has 0 radical (unpaired) electrons. The fourth-order valence-electron chi connectivity index (χ4n) is 7.74. The first-order chi connectivity index (χ1) is 15.5. The molecule has 0 spiro atoms. The van der Waals surface area contributed by atoms with E-state index in [4.69, 9.17) is 14.2 Å². The molecule has 5 atom stereocenters. The number of hydrogen-bond acceptors (Lipinski definition) is 4. The number of carbonyl (C=O) groups excluding carboxylic acids is 1. The van der Waals surface area contributed by atoms with Gasteiger partial charge in [-0.2, -0.15) is 0 Å². The second kappa shape index (κ2) is 8.14. The van der Waals surface area contributed by atoms with Crippen LogP contribution in [0.1, 0.15) is 63.4 Å². The molecule has 0 saturated heterocycles. The lowest BCUT2D eigenvalue weighted by Crippen LogP contribution is -2.54. The normalized spacial score (nSPS) is 36.3. The van der Waals surface area contributed by atoms with Crippen molar-refractivity contribution in [3.63, 3.8) is 0 Å². The molecule has 4 nitrogen and oxygen atoms in total. The summed E-state index contributed by atoms with van der Waals surface area (Å²) in [4.78, 5) is 12.2. The quantitative estimate of drug-likeness (QED) is 0.600. The highest BCUT2D eigenvalue weighted by Crippen LogP contribution is 2.67. The summed E-state index contributed by atoms with van der Waals surface area (Å²) in [6, 6.07) is 8.65. The van der Waals surface area contributed by atoms with Crippen LogP contribution in [0.2, 0.25) is 0 Å². The molecule has 4 aliphatic carbocycles. The molecule has 0 heterocycles. The van der Waals surface area contributed by atoms with Crippen LogP contribution in [0.25, 0.3) is 0 Å². The minimum atomic E-state index is -0.244. The van der Waals surface area contributed by atoms with Crippen LogP contribution in [0.15, 0.2) is 47.1 Å². The number of rotatable bonds is 5. The predicted octanol–water partition coefficient (Wildman–Crippen LogP) is 5.63. The predicted molar refractivity (Wildman–Crippen MR) is 125 cm³/mol. The van der Waals surface area contributed by atoms with Crippen molar-refractivity contribution in [1.29, 1.82) is 0 Å². The van der Waals surface area contributed by atoms with Crippen LogP contribution in [-0.4, -0.2) is 39.3 Å². The zero-order chi connectivity index (χ0) is 22.5. The van der Waals surface area contributed by atoms with Gasteiger partial charge in [0.1, 0.15) is 5.75 Å². The van der Waals surface area contributed by atoms with Gasteiger partial charge in [-0.1, -0.05) is 24.6 Å². The molecule has 4 heteroatoms. The van der Waals surface area contributed by atoms with Crippen LogP contribution in [0, 0.1) is 17.3 Å². The number of methoxy groups -OCH3 is 3. The minimum absolute atomic E-state index is 0.0444. The average molecular weight is 437 g/mol. The maximum atomic E-state index is 12.2. The lowest BCUT2D eigenvalue weighted by atomic mass is 9.51. The van der Waals surface area contributed by atoms with E-state index in [1.54, 1.807) is 19.8 Å². The molecule has 0 aromatic heterocycles. The molecule has 4 aliphatic rings. The summed E-state index contributed by atoms with van der Waals surface area (Å²) in [6.07, 6.45) is 8.95.